The molecule has 0 saturated heterocycles. The van der Waals surface area contributed by atoms with E-state index in [9.17, 15) is 0 Å². The van der Waals surface area contributed by atoms with E-state index in [1.165, 1.54) is 0 Å². The van der Waals surface area contributed by atoms with Crippen LogP contribution in [0.3, 0.4) is 0 Å². The van der Waals surface area contributed by atoms with Gasteiger partial charge in [-0.2, -0.15) is 0 Å². The average molecular weight is 346 g/mol. The first kappa shape index (κ1) is 14.8. The van der Waals surface area contributed by atoms with Crippen LogP contribution in [-0.4, -0.2) is 21.8 Å². The number of halogens is 2. The van der Waals surface area contributed by atoms with Crippen LogP contribution in [0.2, 0.25) is 0 Å². The first-order valence-corrected chi connectivity index (χ1v) is 7.64. The van der Waals surface area contributed by atoms with Crippen molar-refractivity contribution in [1.29, 1.82) is 0 Å². The van der Waals surface area contributed by atoms with Crippen molar-refractivity contribution in [3.63, 3.8) is 0 Å². The molecule has 0 aliphatic rings. The highest BCUT2D eigenvalue weighted by atomic mass is 79.9. The molecule has 2 rings (SSSR count). The maximum absolute atomic E-state index is 6.01. The molecule has 0 fully saturated rings. The Morgan fingerprint density at radius 1 is 1.42 bits per heavy atom. The largest absolute Gasteiger partial charge is 0.374 e. The van der Waals surface area contributed by atoms with E-state index in [0.717, 1.165) is 27.9 Å². The summed E-state index contributed by atoms with van der Waals surface area (Å²) in [5, 5.41) is 0. The van der Waals surface area contributed by atoms with E-state index in [-0.39, 0.29) is 5.60 Å². The van der Waals surface area contributed by atoms with E-state index in [0.29, 0.717) is 12.5 Å². The van der Waals surface area contributed by atoms with Gasteiger partial charge in [0, 0.05) is 11.1 Å². The summed E-state index contributed by atoms with van der Waals surface area (Å²) in [5.41, 5.74) is 1.80. The molecular weight excluding hydrogens is 328 g/mol. The van der Waals surface area contributed by atoms with Crippen molar-refractivity contribution in [2.75, 3.05) is 6.61 Å². The lowest BCUT2D eigenvalue weighted by atomic mass is 10.1. The van der Waals surface area contributed by atoms with E-state index in [1.807, 2.05) is 19.1 Å². The number of benzene rings is 1. The minimum Gasteiger partial charge on any atom is -0.374 e. The van der Waals surface area contributed by atoms with E-state index in [1.54, 1.807) is 0 Å². The Bertz CT molecular complexity index is 580. The molecule has 1 aromatic heterocycles. The van der Waals surface area contributed by atoms with E-state index < -0.39 is 0 Å². The summed E-state index contributed by atoms with van der Waals surface area (Å²) in [6.45, 7) is 7.60. The number of hydrogen-bond acceptors (Lipinski definition) is 2. The van der Waals surface area contributed by atoms with E-state index >= 15 is 0 Å². The Hall–Kier alpha value is -0.580. The summed E-state index contributed by atoms with van der Waals surface area (Å²) in [4.78, 5) is 4.57. The number of ether oxygens (including phenoxy) is 1. The lowest BCUT2D eigenvalue weighted by Gasteiger charge is -2.26. The van der Waals surface area contributed by atoms with Crippen molar-refractivity contribution < 1.29 is 4.74 Å². The Morgan fingerprint density at radius 3 is 2.79 bits per heavy atom. The molecule has 1 heterocycles. The van der Waals surface area contributed by atoms with Crippen LogP contribution in [0.5, 0.6) is 0 Å². The molecule has 0 aliphatic heterocycles. The van der Waals surface area contributed by atoms with Crippen LogP contribution in [-0.2, 0) is 17.2 Å². The third kappa shape index (κ3) is 3.30. The smallest absolute Gasteiger partial charge is 0.124 e. The van der Waals surface area contributed by atoms with Crippen molar-refractivity contribution in [3.8, 4) is 0 Å². The lowest BCUT2D eigenvalue weighted by molar-refractivity contribution is -0.0220. The number of nitrogens with zero attached hydrogens (tertiary/aromatic N) is 2. The Balaban J connectivity index is 2.48. The summed E-state index contributed by atoms with van der Waals surface area (Å²) in [7, 11) is 0. The number of fused-ring (bicyclic) bond motifs is 1. The quantitative estimate of drug-likeness (QED) is 0.753. The molecule has 1 aromatic carbocycles. The molecule has 3 nitrogen and oxygen atoms in total. The lowest BCUT2D eigenvalue weighted by Crippen LogP contribution is -2.31. The first-order valence-electron chi connectivity index (χ1n) is 6.31. The Morgan fingerprint density at radius 2 is 2.16 bits per heavy atom. The molecular formula is C14H18BrClN2O. The zero-order valence-corrected chi connectivity index (χ0v) is 13.8. The molecule has 0 saturated carbocycles. The van der Waals surface area contributed by atoms with Crippen LogP contribution in [0, 0.1) is 0 Å². The van der Waals surface area contributed by atoms with Gasteiger partial charge in [0.25, 0.3) is 0 Å². The number of aromatic nitrogens is 2. The monoisotopic (exact) mass is 344 g/mol. The van der Waals surface area contributed by atoms with Crippen molar-refractivity contribution in [3.05, 3.63) is 28.5 Å². The van der Waals surface area contributed by atoms with Crippen molar-refractivity contribution in [2.45, 2.75) is 38.8 Å². The maximum Gasteiger partial charge on any atom is 0.124 e. The van der Waals surface area contributed by atoms with Crippen molar-refractivity contribution in [1.82, 2.24) is 9.55 Å². The fourth-order valence-electron chi connectivity index (χ4n) is 2.24. The van der Waals surface area contributed by atoms with Crippen LogP contribution in [0.1, 0.15) is 26.6 Å². The highest BCUT2D eigenvalue weighted by molar-refractivity contribution is 9.10. The second kappa shape index (κ2) is 5.81. The fourth-order valence-corrected chi connectivity index (χ4v) is 2.79. The van der Waals surface area contributed by atoms with Gasteiger partial charge in [0.15, 0.2) is 0 Å². The minimum absolute atomic E-state index is 0.245. The predicted octanol–water partition coefficient (Wildman–Crippen LogP) is 4.35. The molecule has 0 radical (unpaired) electrons. The molecule has 19 heavy (non-hydrogen) atoms. The first-order chi connectivity index (χ1) is 8.96. The number of hydrogen-bond donors (Lipinski definition) is 0. The van der Waals surface area contributed by atoms with Gasteiger partial charge in [0.2, 0.25) is 0 Å². The van der Waals surface area contributed by atoms with Gasteiger partial charge in [-0.05, 0) is 39.0 Å². The molecule has 0 bridgehead atoms. The predicted molar refractivity (Wildman–Crippen MR) is 82.7 cm³/mol. The van der Waals surface area contributed by atoms with Crippen molar-refractivity contribution in [2.24, 2.45) is 0 Å². The van der Waals surface area contributed by atoms with Gasteiger partial charge >= 0.3 is 0 Å². The van der Waals surface area contributed by atoms with E-state index in [2.05, 4.69) is 45.4 Å². The standard InChI is InChI=1S/C14H18BrClN2O/c1-4-19-14(2,3)9-18-12-7-10(15)5-6-11(12)17-13(18)8-16/h5-7H,4,8-9H2,1-3H3. The summed E-state index contributed by atoms with van der Waals surface area (Å²) < 4.78 is 8.96. The van der Waals surface area contributed by atoms with Gasteiger partial charge in [-0.15, -0.1) is 11.6 Å². The molecule has 2 aromatic rings. The van der Waals surface area contributed by atoms with Crippen LogP contribution in [0.4, 0.5) is 0 Å². The van der Waals surface area contributed by atoms with Crippen LogP contribution >= 0.6 is 27.5 Å². The SMILES string of the molecule is CCOC(C)(C)Cn1c(CCl)nc2ccc(Br)cc21. The average Bonchev–Trinajstić information content (AvgIpc) is 2.66. The summed E-state index contributed by atoms with van der Waals surface area (Å²) in [6, 6.07) is 6.06. The number of imidazole rings is 1. The topological polar surface area (TPSA) is 27.1 Å². The normalized spacial score (nSPS) is 12.3. The molecule has 0 N–H and O–H groups in total. The second-order valence-corrected chi connectivity index (χ2v) is 6.26. The Labute approximate surface area is 127 Å². The third-order valence-electron chi connectivity index (χ3n) is 2.98. The number of alkyl halides is 1. The third-order valence-corrected chi connectivity index (χ3v) is 3.72. The molecule has 5 heteroatoms. The number of rotatable bonds is 5. The van der Waals surface area contributed by atoms with Crippen LogP contribution in [0.25, 0.3) is 11.0 Å². The molecule has 0 aliphatic carbocycles. The van der Waals surface area contributed by atoms with Gasteiger partial charge in [0.05, 0.1) is 29.1 Å². The van der Waals surface area contributed by atoms with Crippen LogP contribution < -0.4 is 0 Å². The highest BCUT2D eigenvalue weighted by Crippen LogP contribution is 2.24. The second-order valence-electron chi connectivity index (χ2n) is 5.07. The summed E-state index contributed by atoms with van der Waals surface area (Å²) in [5.74, 6) is 1.27. The van der Waals surface area contributed by atoms with Crippen molar-refractivity contribution >= 4 is 38.6 Å². The van der Waals surface area contributed by atoms with Gasteiger partial charge in [0.1, 0.15) is 5.82 Å². The molecule has 0 amide bonds. The highest BCUT2D eigenvalue weighted by Gasteiger charge is 2.22. The molecule has 0 spiro atoms. The Kier molecular flexibility index (Phi) is 4.54. The maximum atomic E-state index is 6.01. The summed E-state index contributed by atoms with van der Waals surface area (Å²) >= 11 is 9.52. The molecule has 104 valence electrons. The minimum atomic E-state index is -0.245. The zero-order chi connectivity index (χ0) is 14.0. The van der Waals surface area contributed by atoms with Gasteiger partial charge < -0.3 is 9.30 Å². The summed E-state index contributed by atoms with van der Waals surface area (Å²) in [6.07, 6.45) is 0. The fraction of sp³-hybridized carbons (Fsp3) is 0.500. The molecule has 0 unspecified atom stereocenters. The van der Waals surface area contributed by atoms with Gasteiger partial charge in [-0.25, -0.2) is 4.98 Å². The van der Waals surface area contributed by atoms with Crippen LogP contribution in [0.15, 0.2) is 22.7 Å². The zero-order valence-electron chi connectivity index (χ0n) is 11.4. The van der Waals surface area contributed by atoms with Gasteiger partial charge in [-0.3, -0.25) is 0 Å². The van der Waals surface area contributed by atoms with E-state index in [4.69, 9.17) is 16.3 Å². The molecule has 0 atom stereocenters. The van der Waals surface area contributed by atoms with Gasteiger partial charge in [-0.1, -0.05) is 15.9 Å².